The van der Waals surface area contributed by atoms with Crippen LogP contribution >= 0.6 is 0 Å². The third-order valence-electron chi connectivity index (χ3n) is 7.93. The zero-order valence-corrected chi connectivity index (χ0v) is 17.0. The lowest BCUT2D eigenvalue weighted by molar-refractivity contribution is -0.185. The molecule has 1 N–H and O–H groups in total. The van der Waals surface area contributed by atoms with Gasteiger partial charge in [0.15, 0.2) is 23.8 Å². The normalized spacial score (nSPS) is 42.9. The van der Waals surface area contributed by atoms with E-state index in [1.807, 2.05) is 13.0 Å². The fourth-order valence-corrected chi connectivity index (χ4v) is 6.46. The number of alkyl halides is 1. The molecule has 0 amide bonds. The van der Waals surface area contributed by atoms with Crippen molar-refractivity contribution in [1.29, 1.82) is 0 Å². The van der Waals surface area contributed by atoms with E-state index in [1.165, 1.54) is 19.1 Å². The number of ketones is 2. The van der Waals surface area contributed by atoms with Gasteiger partial charge in [-0.25, -0.2) is 4.39 Å². The molecule has 0 bridgehead atoms. The van der Waals surface area contributed by atoms with E-state index in [0.29, 0.717) is 24.8 Å². The highest BCUT2D eigenvalue weighted by atomic mass is 19.1. The summed E-state index contributed by atoms with van der Waals surface area (Å²) in [7, 11) is 0. The molecule has 0 aromatic carbocycles. The van der Waals surface area contributed by atoms with Crippen molar-refractivity contribution >= 4 is 17.5 Å². The molecule has 0 radical (unpaired) electrons. The second-order valence-electron chi connectivity index (χ2n) is 9.32. The zero-order chi connectivity index (χ0) is 21.2. The molecule has 0 aromatic heterocycles. The SMILES string of the molecule is CC(=O)OCC(=O)C1=CC[C@H]2[C@@H]3CCC4=CC(=O)C=C[C@]4(C)[C@@]3(F)C(O)C[C@]12C. The summed E-state index contributed by atoms with van der Waals surface area (Å²) in [4.78, 5) is 35.6. The van der Waals surface area contributed by atoms with Crippen LogP contribution < -0.4 is 0 Å². The van der Waals surface area contributed by atoms with Gasteiger partial charge in [0.05, 0.1) is 6.10 Å². The number of allylic oxidation sites excluding steroid dienone is 5. The Labute approximate surface area is 169 Å². The van der Waals surface area contributed by atoms with Crippen LogP contribution in [0.3, 0.4) is 0 Å². The summed E-state index contributed by atoms with van der Waals surface area (Å²) in [6, 6.07) is 0. The molecule has 2 fully saturated rings. The van der Waals surface area contributed by atoms with Crippen LogP contribution in [0.15, 0.2) is 35.5 Å². The van der Waals surface area contributed by atoms with Crippen molar-refractivity contribution in [3.8, 4) is 0 Å². The number of carbonyl (C=O) groups is 3. The number of esters is 1. The second kappa shape index (κ2) is 6.46. The average Bonchev–Trinajstić information content (AvgIpc) is 2.98. The first kappa shape index (κ1) is 20.2. The summed E-state index contributed by atoms with van der Waals surface area (Å²) >= 11 is 0. The number of hydrogen-bond acceptors (Lipinski definition) is 5. The van der Waals surface area contributed by atoms with Crippen LogP contribution in [0.2, 0.25) is 0 Å². The number of ether oxygens (including phenoxy) is 1. The molecule has 0 spiro atoms. The second-order valence-corrected chi connectivity index (χ2v) is 9.32. The van der Waals surface area contributed by atoms with Gasteiger partial charge in [-0.15, -0.1) is 0 Å². The Kier molecular flexibility index (Phi) is 4.50. The molecule has 4 rings (SSSR count). The summed E-state index contributed by atoms with van der Waals surface area (Å²) in [5.74, 6) is -1.52. The Morgan fingerprint density at radius 3 is 2.72 bits per heavy atom. The lowest BCUT2D eigenvalue weighted by atomic mass is 9.45. The predicted molar refractivity (Wildman–Crippen MR) is 103 cm³/mol. The van der Waals surface area contributed by atoms with E-state index in [-0.39, 0.29) is 30.5 Å². The minimum absolute atomic E-state index is 0.118. The third kappa shape index (κ3) is 2.64. The molecule has 0 heterocycles. The van der Waals surface area contributed by atoms with Gasteiger partial charge in [-0.1, -0.05) is 24.6 Å². The Bertz CT molecular complexity index is 886. The number of fused-ring (bicyclic) bond motifs is 5. The van der Waals surface area contributed by atoms with Gasteiger partial charge >= 0.3 is 5.97 Å². The van der Waals surface area contributed by atoms with E-state index in [4.69, 9.17) is 4.74 Å². The highest BCUT2D eigenvalue weighted by molar-refractivity contribution is 6.01. The van der Waals surface area contributed by atoms with Crippen LogP contribution in [0.5, 0.6) is 0 Å². The topological polar surface area (TPSA) is 80.7 Å². The quantitative estimate of drug-likeness (QED) is 0.734. The molecule has 6 atom stereocenters. The summed E-state index contributed by atoms with van der Waals surface area (Å²) < 4.78 is 21.7. The molecule has 0 aliphatic heterocycles. The van der Waals surface area contributed by atoms with Gasteiger partial charge in [0.1, 0.15) is 0 Å². The molecule has 4 aliphatic carbocycles. The molecule has 0 saturated heterocycles. The van der Waals surface area contributed by atoms with Crippen molar-refractivity contribution in [3.05, 3.63) is 35.5 Å². The van der Waals surface area contributed by atoms with Gasteiger partial charge in [0.2, 0.25) is 0 Å². The average molecular weight is 402 g/mol. The van der Waals surface area contributed by atoms with E-state index in [2.05, 4.69) is 0 Å². The van der Waals surface area contributed by atoms with Gasteiger partial charge in [-0.2, -0.15) is 0 Å². The van der Waals surface area contributed by atoms with Crippen molar-refractivity contribution < 1.29 is 28.6 Å². The number of rotatable bonds is 3. The molecule has 6 heteroatoms. The Balaban J connectivity index is 1.68. The van der Waals surface area contributed by atoms with E-state index in [9.17, 15) is 19.5 Å². The van der Waals surface area contributed by atoms with E-state index in [1.54, 1.807) is 13.0 Å². The fraction of sp³-hybridized carbons (Fsp3) is 0.609. The van der Waals surface area contributed by atoms with Crippen LogP contribution in [0, 0.1) is 22.7 Å². The van der Waals surface area contributed by atoms with Gasteiger partial charge < -0.3 is 9.84 Å². The standard InChI is InChI=1S/C23H27FO5/c1-13(25)29-12-19(27)18-7-6-16-17-5-4-14-10-15(26)8-9-22(14,3)23(17,24)20(28)11-21(16,18)2/h7-10,16-17,20,28H,4-6,11-12H2,1-3H3/t16-,17-,20?,21-,22-,23-/m0/s1. The molecule has 0 aromatic rings. The van der Waals surface area contributed by atoms with Gasteiger partial charge in [0.25, 0.3) is 0 Å². The summed E-state index contributed by atoms with van der Waals surface area (Å²) in [6.07, 6.45) is 6.89. The molecule has 4 aliphatic rings. The maximum Gasteiger partial charge on any atom is 0.303 e. The lowest BCUT2D eigenvalue weighted by Crippen LogP contribution is -2.66. The Morgan fingerprint density at radius 1 is 1.31 bits per heavy atom. The van der Waals surface area contributed by atoms with E-state index < -0.39 is 34.5 Å². The maximum atomic E-state index is 16.8. The monoisotopic (exact) mass is 402 g/mol. The number of carbonyl (C=O) groups excluding carboxylic acids is 3. The zero-order valence-electron chi connectivity index (χ0n) is 17.0. The number of hydrogen-bond donors (Lipinski definition) is 1. The molecule has 2 saturated carbocycles. The smallest absolute Gasteiger partial charge is 0.303 e. The molecular weight excluding hydrogens is 375 g/mol. The van der Waals surface area contributed by atoms with Crippen molar-refractivity contribution in [3.63, 3.8) is 0 Å². The summed E-state index contributed by atoms with van der Waals surface area (Å²) in [6.45, 7) is 4.60. The van der Waals surface area contributed by atoms with Crippen molar-refractivity contribution in [2.45, 2.75) is 58.2 Å². The first-order chi connectivity index (χ1) is 13.5. The largest absolute Gasteiger partial charge is 0.457 e. The molecular formula is C23H27FO5. The minimum atomic E-state index is -1.90. The first-order valence-electron chi connectivity index (χ1n) is 10.2. The Morgan fingerprint density at radius 2 is 2.03 bits per heavy atom. The number of Topliss-reactive ketones (excluding diaryl/α,β-unsaturated/α-hetero) is 1. The minimum Gasteiger partial charge on any atom is -0.457 e. The van der Waals surface area contributed by atoms with Gasteiger partial charge in [0, 0.05) is 29.2 Å². The number of aliphatic hydroxyl groups excluding tert-OH is 1. The van der Waals surface area contributed by atoms with Crippen LogP contribution in [-0.2, 0) is 19.1 Å². The van der Waals surface area contributed by atoms with E-state index >= 15 is 4.39 Å². The maximum absolute atomic E-state index is 16.8. The highest BCUT2D eigenvalue weighted by Gasteiger charge is 2.69. The molecule has 5 nitrogen and oxygen atoms in total. The number of aliphatic hydroxyl groups is 1. The number of halogens is 1. The third-order valence-corrected chi connectivity index (χ3v) is 7.93. The highest BCUT2D eigenvalue weighted by Crippen LogP contribution is 2.67. The van der Waals surface area contributed by atoms with Crippen molar-refractivity contribution in [2.75, 3.05) is 6.61 Å². The first-order valence-corrected chi connectivity index (χ1v) is 10.2. The van der Waals surface area contributed by atoms with E-state index in [0.717, 1.165) is 5.57 Å². The summed E-state index contributed by atoms with van der Waals surface area (Å²) in [5.41, 5.74) is -2.33. The predicted octanol–water partition coefficient (Wildman–Crippen LogP) is 3.03. The van der Waals surface area contributed by atoms with Crippen LogP contribution in [-0.4, -0.2) is 41.0 Å². The van der Waals surface area contributed by atoms with Crippen LogP contribution in [0.1, 0.15) is 46.5 Å². The van der Waals surface area contributed by atoms with Crippen molar-refractivity contribution in [2.24, 2.45) is 22.7 Å². The molecule has 1 unspecified atom stereocenters. The molecule has 29 heavy (non-hydrogen) atoms. The molecule has 156 valence electrons. The Hall–Kier alpha value is -2.08. The van der Waals surface area contributed by atoms with Gasteiger partial charge in [-0.05, 0) is 50.7 Å². The van der Waals surface area contributed by atoms with Gasteiger partial charge in [-0.3, -0.25) is 14.4 Å². The van der Waals surface area contributed by atoms with Crippen LogP contribution in [0.25, 0.3) is 0 Å². The summed E-state index contributed by atoms with van der Waals surface area (Å²) in [5, 5.41) is 11.1. The van der Waals surface area contributed by atoms with Crippen molar-refractivity contribution in [1.82, 2.24) is 0 Å². The lowest BCUT2D eigenvalue weighted by Gasteiger charge is -2.61. The fourth-order valence-electron chi connectivity index (χ4n) is 6.46. The van der Waals surface area contributed by atoms with Crippen LogP contribution in [0.4, 0.5) is 4.39 Å².